The molecule has 0 aliphatic rings. The van der Waals surface area contributed by atoms with Crippen molar-refractivity contribution in [2.45, 2.75) is 25.7 Å². The molecule has 0 fully saturated rings. The lowest BCUT2D eigenvalue weighted by Gasteiger charge is -2.15. The van der Waals surface area contributed by atoms with Gasteiger partial charge in [0, 0.05) is 30.5 Å². The molecule has 1 unspecified atom stereocenters. The number of aryl methyl sites for hydroxylation is 1. The van der Waals surface area contributed by atoms with Gasteiger partial charge in [0.2, 0.25) is 5.91 Å². The number of benzene rings is 1. The molecule has 0 aliphatic carbocycles. The fourth-order valence-electron chi connectivity index (χ4n) is 2.45. The smallest absolute Gasteiger partial charge is 0.303 e. The predicted molar refractivity (Wildman–Crippen MR) is 101 cm³/mol. The molecule has 27 heavy (non-hydrogen) atoms. The van der Waals surface area contributed by atoms with Gasteiger partial charge in [-0.3, -0.25) is 14.4 Å². The number of rotatable bonds is 9. The maximum atomic E-state index is 12.1. The molecule has 0 aliphatic heterocycles. The highest BCUT2D eigenvalue weighted by atomic mass is 35.5. The Bertz CT molecular complexity index is 810. The van der Waals surface area contributed by atoms with Crippen molar-refractivity contribution in [2.24, 2.45) is 0 Å². The number of nitrogens with zero attached hydrogens (tertiary/aromatic N) is 2. The largest absolute Gasteiger partial charge is 0.481 e. The summed E-state index contributed by atoms with van der Waals surface area (Å²) in [6, 6.07) is 6.76. The molecule has 0 radical (unpaired) electrons. The molecule has 0 saturated carbocycles. The maximum Gasteiger partial charge on any atom is 0.303 e. The van der Waals surface area contributed by atoms with E-state index >= 15 is 0 Å². The summed E-state index contributed by atoms with van der Waals surface area (Å²) < 4.78 is 3.69. The average molecular weight is 411 g/mol. The van der Waals surface area contributed by atoms with E-state index in [1.807, 2.05) is 0 Å². The summed E-state index contributed by atoms with van der Waals surface area (Å²) in [5, 5.41) is 18.7. The zero-order valence-electron chi connectivity index (χ0n) is 14.6. The first-order chi connectivity index (χ1) is 12.9. The molecule has 0 saturated heterocycles. The van der Waals surface area contributed by atoms with Gasteiger partial charge >= 0.3 is 5.97 Å². The molecule has 8 nitrogen and oxygen atoms in total. The van der Waals surface area contributed by atoms with Gasteiger partial charge in [0.25, 0.3) is 5.91 Å². The fraction of sp³-hybridized carbons (Fsp3) is 0.353. The van der Waals surface area contributed by atoms with E-state index in [2.05, 4.69) is 20.2 Å². The lowest BCUT2D eigenvalue weighted by atomic mass is 9.92. The molecule has 2 rings (SSSR count). The Balaban J connectivity index is 1.81. The molecular formula is C17H19ClN4O4S. The highest BCUT2D eigenvalue weighted by Crippen LogP contribution is 2.25. The van der Waals surface area contributed by atoms with Gasteiger partial charge in [0.15, 0.2) is 0 Å². The van der Waals surface area contributed by atoms with Crippen molar-refractivity contribution in [2.75, 3.05) is 13.1 Å². The maximum absolute atomic E-state index is 12.1. The van der Waals surface area contributed by atoms with Gasteiger partial charge in [-0.2, -0.15) is 0 Å². The minimum atomic E-state index is -0.983. The summed E-state index contributed by atoms with van der Waals surface area (Å²) in [6.45, 7) is 2.17. The van der Waals surface area contributed by atoms with Crippen LogP contribution in [0.25, 0.3) is 0 Å². The van der Waals surface area contributed by atoms with Gasteiger partial charge in [-0.25, -0.2) is 0 Å². The number of carboxylic acids is 1. The number of aromatic nitrogens is 2. The number of hydrogen-bond acceptors (Lipinski definition) is 6. The number of nitrogens with one attached hydrogen (secondary N) is 2. The summed E-state index contributed by atoms with van der Waals surface area (Å²) in [6.07, 6.45) is -0.136. The predicted octanol–water partition coefficient (Wildman–Crippen LogP) is 1.99. The van der Waals surface area contributed by atoms with Crippen molar-refractivity contribution in [3.63, 3.8) is 0 Å². The van der Waals surface area contributed by atoms with Crippen LogP contribution in [0.1, 0.15) is 39.7 Å². The number of amides is 2. The van der Waals surface area contributed by atoms with E-state index in [1.54, 1.807) is 31.2 Å². The van der Waals surface area contributed by atoms with Crippen molar-refractivity contribution in [1.29, 1.82) is 0 Å². The van der Waals surface area contributed by atoms with Gasteiger partial charge in [0.1, 0.15) is 4.88 Å². The normalized spacial score (nSPS) is 11.6. The van der Waals surface area contributed by atoms with Crippen LogP contribution in [0.4, 0.5) is 0 Å². The van der Waals surface area contributed by atoms with E-state index in [4.69, 9.17) is 16.7 Å². The molecule has 144 valence electrons. The van der Waals surface area contributed by atoms with Gasteiger partial charge in [0.05, 0.1) is 12.1 Å². The summed E-state index contributed by atoms with van der Waals surface area (Å²) in [7, 11) is 0. The van der Waals surface area contributed by atoms with Crippen molar-refractivity contribution in [1.82, 2.24) is 20.2 Å². The summed E-state index contributed by atoms with van der Waals surface area (Å²) in [5.74, 6) is -2.02. The van der Waals surface area contributed by atoms with Crippen LogP contribution in [0.3, 0.4) is 0 Å². The number of hydrogen-bond donors (Lipinski definition) is 3. The second kappa shape index (κ2) is 9.98. The van der Waals surface area contributed by atoms with E-state index < -0.39 is 11.9 Å². The molecule has 1 atom stereocenters. The van der Waals surface area contributed by atoms with E-state index in [0.29, 0.717) is 15.6 Å². The standard InChI is InChI=1S/C17H19ClN4O4S/c1-10-16(27-22-21-10)17(26)20-7-6-19-14(23)8-12(9-15(24)25)11-2-4-13(18)5-3-11/h2-5,12H,6-9H2,1H3,(H,19,23)(H,20,26)(H,24,25). The van der Waals surface area contributed by atoms with Crippen molar-refractivity contribution >= 4 is 40.9 Å². The van der Waals surface area contributed by atoms with E-state index in [1.165, 1.54) is 0 Å². The molecule has 2 aromatic rings. The van der Waals surface area contributed by atoms with Crippen LogP contribution in [-0.4, -0.2) is 45.6 Å². The fourth-order valence-corrected chi connectivity index (χ4v) is 3.15. The number of carbonyl (C=O) groups is 3. The Morgan fingerprint density at radius 1 is 1.15 bits per heavy atom. The van der Waals surface area contributed by atoms with Gasteiger partial charge in [-0.1, -0.05) is 28.2 Å². The molecule has 1 heterocycles. The quantitative estimate of drug-likeness (QED) is 0.543. The first-order valence-electron chi connectivity index (χ1n) is 8.18. The molecular weight excluding hydrogens is 392 g/mol. The number of carboxylic acid groups (broad SMARTS) is 1. The van der Waals surface area contributed by atoms with E-state index in [0.717, 1.165) is 17.1 Å². The van der Waals surface area contributed by atoms with Crippen LogP contribution in [0.2, 0.25) is 5.02 Å². The third-order valence-electron chi connectivity index (χ3n) is 3.78. The molecule has 0 bridgehead atoms. The summed E-state index contributed by atoms with van der Waals surface area (Å²) >= 11 is 6.86. The monoisotopic (exact) mass is 410 g/mol. The first-order valence-corrected chi connectivity index (χ1v) is 9.33. The van der Waals surface area contributed by atoms with Crippen LogP contribution < -0.4 is 10.6 Å². The summed E-state index contributed by atoms with van der Waals surface area (Å²) in [4.78, 5) is 35.6. The lowest BCUT2D eigenvalue weighted by Crippen LogP contribution is -2.35. The van der Waals surface area contributed by atoms with Crippen LogP contribution in [-0.2, 0) is 9.59 Å². The van der Waals surface area contributed by atoms with Crippen molar-refractivity contribution in [3.8, 4) is 0 Å². The Labute approximate surface area is 165 Å². The lowest BCUT2D eigenvalue weighted by molar-refractivity contribution is -0.137. The average Bonchev–Trinajstić information content (AvgIpc) is 3.04. The third kappa shape index (κ3) is 6.61. The van der Waals surface area contributed by atoms with Crippen LogP contribution >= 0.6 is 23.1 Å². The van der Waals surface area contributed by atoms with Crippen molar-refractivity contribution < 1.29 is 19.5 Å². The molecule has 1 aromatic heterocycles. The topological polar surface area (TPSA) is 121 Å². The summed E-state index contributed by atoms with van der Waals surface area (Å²) in [5.41, 5.74) is 1.29. The van der Waals surface area contributed by atoms with Gasteiger partial charge in [-0.15, -0.1) is 5.10 Å². The Hall–Kier alpha value is -2.52. The van der Waals surface area contributed by atoms with Gasteiger partial charge in [-0.05, 0) is 36.2 Å². The zero-order chi connectivity index (χ0) is 19.8. The Kier molecular flexibility index (Phi) is 7.68. The molecule has 3 N–H and O–H groups in total. The van der Waals surface area contributed by atoms with Crippen LogP contribution in [0.15, 0.2) is 24.3 Å². The van der Waals surface area contributed by atoms with Crippen LogP contribution in [0.5, 0.6) is 0 Å². The molecule has 1 aromatic carbocycles. The van der Waals surface area contributed by atoms with E-state index in [-0.39, 0.29) is 37.7 Å². The highest BCUT2D eigenvalue weighted by molar-refractivity contribution is 7.08. The molecule has 2 amide bonds. The van der Waals surface area contributed by atoms with Crippen molar-refractivity contribution in [3.05, 3.63) is 45.4 Å². The Morgan fingerprint density at radius 3 is 2.41 bits per heavy atom. The third-order valence-corrected chi connectivity index (χ3v) is 4.86. The highest BCUT2D eigenvalue weighted by Gasteiger charge is 2.19. The molecule has 0 spiro atoms. The SMILES string of the molecule is Cc1nnsc1C(=O)NCCNC(=O)CC(CC(=O)O)c1ccc(Cl)cc1. The van der Waals surface area contributed by atoms with Crippen LogP contribution in [0, 0.1) is 6.92 Å². The number of aliphatic carboxylic acids is 1. The first kappa shape index (κ1) is 20.8. The second-order valence-electron chi connectivity index (χ2n) is 5.84. The minimum absolute atomic E-state index is 0.0275. The second-order valence-corrected chi connectivity index (χ2v) is 7.03. The zero-order valence-corrected chi connectivity index (χ0v) is 16.1. The number of halogens is 1. The van der Waals surface area contributed by atoms with Gasteiger partial charge < -0.3 is 15.7 Å². The van der Waals surface area contributed by atoms with E-state index in [9.17, 15) is 14.4 Å². The number of carbonyl (C=O) groups excluding carboxylic acids is 2. The minimum Gasteiger partial charge on any atom is -0.481 e. The molecule has 10 heteroatoms. The Morgan fingerprint density at radius 2 is 1.81 bits per heavy atom.